The van der Waals surface area contributed by atoms with Crippen LogP contribution in [0.1, 0.15) is 80.1 Å². The monoisotopic (exact) mass is 483 g/mol. The molecule has 1 heterocycles. The summed E-state index contributed by atoms with van der Waals surface area (Å²) < 4.78 is 1.70. The number of nitrogens with zero attached hydrogens (tertiary/aromatic N) is 3. The minimum Gasteiger partial charge on any atom is -0.391 e. The molecule has 1 saturated carbocycles. The lowest BCUT2D eigenvalue weighted by Crippen LogP contribution is -2.36. The zero-order valence-electron chi connectivity index (χ0n) is 21.5. The first kappa shape index (κ1) is 25.9. The Kier molecular flexibility index (Phi) is 8.72. The molecule has 3 aromatic rings. The van der Waals surface area contributed by atoms with Gasteiger partial charge in [-0.15, -0.1) is 0 Å². The lowest BCUT2D eigenvalue weighted by Gasteiger charge is -2.27. The van der Waals surface area contributed by atoms with Crippen molar-refractivity contribution in [3.05, 3.63) is 87.1 Å². The molecule has 1 fully saturated rings. The van der Waals surface area contributed by atoms with Gasteiger partial charge in [-0.1, -0.05) is 75.1 Å². The second kappa shape index (κ2) is 12.1. The zero-order valence-corrected chi connectivity index (χ0v) is 21.5. The lowest BCUT2D eigenvalue weighted by molar-refractivity contribution is 0.0677. The topological polar surface area (TPSA) is 78.9 Å². The van der Waals surface area contributed by atoms with E-state index < -0.39 is 6.10 Å². The predicted molar refractivity (Wildman–Crippen MR) is 144 cm³/mol. The van der Waals surface area contributed by atoms with E-state index in [0.29, 0.717) is 24.4 Å². The Morgan fingerprint density at radius 2 is 1.83 bits per heavy atom. The number of unbranched alkanes of at least 4 members (excludes halogenated alkanes) is 1. The van der Waals surface area contributed by atoms with Crippen LogP contribution in [0.5, 0.6) is 0 Å². The molecule has 1 aromatic heterocycles. The molecule has 5 heteroatoms. The van der Waals surface area contributed by atoms with Gasteiger partial charge in [0.25, 0.3) is 5.56 Å². The van der Waals surface area contributed by atoms with Crippen molar-refractivity contribution in [1.82, 2.24) is 9.55 Å². The number of nitriles is 1. The van der Waals surface area contributed by atoms with Crippen LogP contribution in [0.4, 0.5) is 0 Å². The van der Waals surface area contributed by atoms with Crippen LogP contribution in [0.2, 0.25) is 0 Å². The molecule has 0 amide bonds. The first-order valence-electron chi connectivity index (χ1n) is 13.4. The molecule has 1 atom stereocenters. The highest BCUT2D eigenvalue weighted by Crippen LogP contribution is 2.27. The van der Waals surface area contributed by atoms with E-state index in [1.165, 1.54) is 6.42 Å². The van der Waals surface area contributed by atoms with Gasteiger partial charge in [0.2, 0.25) is 0 Å². The van der Waals surface area contributed by atoms with Gasteiger partial charge in [-0.05, 0) is 61.3 Å². The summed E-state index contributed by atoms with van der Waals surface area (Å²) in [5.41, 5.74) is 5.16. The first-order chi connectivity index (χ1) is 17.5. The fourth-order valence-corrected chi connectivity index (χ4v) is 5.39. The average molecular weight is 484 g/mol. The summed E-state index contributed by atoms with van der Waals surface area (Å²) >= 11 is 0. The van der Waals surface area contributed by atoms with E-state index in [4.69, 9.17) is 4.98 Å². The smallest absolute Gasteiger partial charge is 0.257 e. The molecule has 0 aliphatic heterocycles. The van der Waals surface area contributed by atoms with Crippen LogP contribution in [0.15, 0.2) is 53.3 Å². The van der Waals surface area contributed by atoms with Crippen molar-refractivity contribution in [2.24, 2.45) is 5.92 Å². The van der Waals surface area contributed by atoms with Crippen molar-refractivity contribution < 1.29 is 5.11 Å². The molecule has 5 nitrogen and oxygen atoms in total. The Hall–Kier alpha value is -3.23. The van der Waals surface area contributed by atoms with Crippen molar-refractivity contribution in [2.75, 3.05) is 0 Å². The first-order valence-corrected chi connectivity index (χ1v) is 13.4. The van der Waals surface area contributed by atoms with Gasteiger partial charge >= 0.3 is 0 Å². The second-order valence-corrected chi connectivity index (χ2v) is 10.1. The summed E-state index contributed by atoms with van der Waals surface area (Å²) in [6.45, 7) is 4.34. The van der Waals surface area contributed by atoms with Crippen LogP contribution >= 0.6 is 0 Å². The highest BCUT2D eigenvalue weighted by molar-refractivity contribution is 5.70. The van der Waals surface area contributed by atoms with Gasteiger partial charge in [-0.2, -0.15) is 5.26 Å². The predicted octanol–water partition coefficient (Wildman–Crippen LogP) is 5.97. The average Bonchev–Trinajstić information content (AvgIpc) is 2.92. The Labute approximate surface area is 214 Å². The number of aliphatic hydroxyl groups excluding tert-OH is 1. The molecule has 36 heavy (non-hydrogen) atoms. The number of aryl methyl sites for hydroxylation is 2. The molecular weight excluding hydrogens is 446 g/mol. The van der Waals surface area contributed by atoms with Gasteiger partial charge in [-0.25, -0.2) is 4.98 Å². The summed E-state index contributed by atoms with van der Waals surface area (Å²) in [5, 5.41) is 20.4. The Bertz CT molecular complexity index is 1260. The van der Waals surface area contributed by atoms with E-state index in [9.17, 15) is 15.2 Å². The van der Waals surface area contributed by atoms with Crippen molar-refractivity contribution in [3.63, 3.8) is 0 Å². The van der Waals surface area contributed by atoms with Crippen LogP contribution in [-0.4, -0.2) is 20.8 Å². The lowest BCUT2D eigenvalue weighted by atomic mass is 9.85. The maximum atomic E-state index is 13.7. The SMILES string of the molecule is CCCCc1nc(C)n(CC(O)C2CCCCC2)c(=O)c1Cc1ccc(-c2ccccc2C#N)cc1. The molecule has 0 radical (unpaired) electrons. The highest BCUT2D eigenvalue weighted by atomic mass is 16.3. The number of hydrogen-bond acceptors (Lipinski definition) is 4. The third kappa shape index (κ3) is 5.94. The van der Waals surface area contributed by atoms with E-state index in [0.717, 1.165) is 72.9 Å². The molecule has 0 bridgehead atoms. The molecule has 1 N–H and O–H groups in total. The van der Waals surface area contributed by atoms with Gasteiger partial charge in [0.05, 0.1) is 30.0 Å². The standard InChI is InChI=1S/C31H37N3O2/c1-3-4-14-29-28(19-23-15-17-24(18-16-23)27-13-9-8-12-26(27)20-32)31(36)34(22(2)33-29)21-30(35)25-10-6-5-7-11-25/h8-9,12-13,15-18,25,30,35H,3-7,10-11,14,19,21H2,1-2H3. The number of benzene rings is 2. The summed E-state index contributed by atoms with van der Waals surface area (Å²) in [6.07, 6.45) is 8.41. The summed E-state index contributed by atoms with van der Waals surface area (Å²) in [4.78, 5) is 18.6. The fraction of sp³-hybridized carbons (Fsp3) is 0.452. The van der Waals surface area contributed by atoms with Gasteiger partial charge in [0, 0.05) is 12.0 Å². The molecule has 1 aliphatic carbocycles. The molecule has 4 rings (SSSR count). The quantitative estimate of drug-likeness (QED) is 0.407. The maximum Gasteiger partial charge on any atom is 0.257 e. The maximum absolute atomic E-state index is 13.7. The van der Waals surface area contributed by atoms with Crippen LogP contribution in [0.25, 0.3) is 11.1 Å². The Balaban J connectivity index is 1.63. The summed E-state index contributed by atoms with van der Waals surface area (Å²) in [6, 6.07) is 18.0. The minimum absolute atomic E-state index is 0.0256. The van der Waals surface area contributed by atoms with Crippen LogP contribution in [0, 0.1) is 24.2 Å². The van der Waals surface area contributed by atoms with Crippen molar-refractivity contribution in [3.8, 4) is 17.2 Å². The van der Waals surface area contributed by atoms with Gasteiger partial charge < -0.3 is 5.11 Å². The van der Waals surface area contributed by atoms with Gasteiger partial charge in [0.15, 0.2) is 0 Å². The number of rotatable bonds is 9. The number of aromatic nitrogens is 2. The van der Waals surface area contributed by atoms with Crippen molar-refractivity contribution >= 4 is 0 Å². The van der Waals surface area contributed by atoms with Gasteiger partial charge in [-0.3, -0.25) is 9.36 Å². The second-order valence-electron chi connectivity index (χ2n) is 10.1. The van der Waals surface area contributed by atoms with Crippen LogP contribution in [0.3, 0.4) is 0 Å². The third-order valence-electron chi connectivity index (χ3n) is 7.56. The molecule has 0 saturated heterocycles. The molecule has 0 spiro atoms. The van der Waals surface area contributed by atoms with E-state index in [-0.39, 0.29) is 11.5 Å². The number of aliphatic hydroxyl groups is 1. The molecule has 2 aromatic carbocycles. The minimum atomic E-state index is -0.516. The Morgan fingerprint density at radius 3 is 2.53 bits per heavy atom. The van der Waals surface area contributed by atoms with Crippen LogP contribution < -0.4 is 5.56 Å². The molecule has 1 unspecified atom stereocenters. The highest BCUT2D eigenvalue weighted by Gasteiger charge is 2.24. The van der Waals surface area contributed by atoms with Crippen molar-refractivity contribution in [2.45, 2.75) is 84.3 Å². The zero-order chi connectivity index (χ0) is 25.5. The molecular formula is C31H37N3O2. The van der Waals surface area contributed by atoms with E-state index in [1.54, 1.807) is 4.57 Å². The Morgan fingerprint density at radius 1 is 1.11 bits per heavy atom. The number of hydrogen-bond donors (Lipinski definition) is 1. The summed E-state index contributed by atoms with van der Waals surface area (Å²) in [5.74, 6) is 0.949. The van der Waals surface area contributed by atoms with Crippen molar-refractivity contribution in [1.29, 1.82) is 5.26 Å². The van der Waals surface area contributed by atoms with Gasteiger partial charge in [0.1, 0.15) is 5.82 Å². The fourth-order valence-electron chi connectivity index (χ4n) is 5.39. The van der Waals surface area contributed by atoms with E-state index in [1.807, 2.05) is 55.5 Å². The molecule has 188 valence electrons. The normalized spacial score (nSPS) is 14.9. The third-order valence-corrected chi connectivity index (χ3v) is 7.56. The largest absolute Gasteiger partial charge is 0.391 e. The van der Waals surface area contributed by atoms with E-state index >= 15 is 0 Å². The van der Waals surface area contributed by atoms with E-state index in [2.05, 4.69) is 13.0 Å². The van der Waals surface area contributed by atoms with Crippen LogP contribution in [-0.2, 0) is 19.4 Å². The molecule has 1 aliphatic rings. The summed E-state index contributed by atoms with van der Waals surface area (Å²) in [7, 11) is 0.